The summed E-state index contributed by atoms with van der Waals surface area (Å²) in [7, 11) is 0. The molecular formula is C25H51N6S2+. The number of hydrogen-bond donors (Lipinski definition) is 3. The molecule has 0 aliphatic heterocycles. The molecule has 0 aromatic heterocycles. The van der Waals surface area contributed by atoms with E-state index >= 15 is 0 Å². The Kier molecular flexibility index (Phi) is 24.2. The van der Waals surface area contributed by atoms with E-state index in [1.54, 1.807) is 13.1 Å². The molecule has 2 fully saturated rings. The Balaban J connectivity index is -0.000000200. The topological polar surface area (TPSA) is 110 Å². The molecule has 2 saturated carbocycles. The zero-order valence-corrected chi connectivity index (χ0v) is 23.2. The predicted molar refractivity (Wildman–Crippen MR) is 155 cm³/mol. The fraction of sp³-hybridized carbons (Fsp3) is 0.800. The van der Waals surface area contributed by atoms with Crippen molar-refractivity contribution in [1.82, 2.24) is 5.32 Å². The number of thiol groups is 1. The van der Waals surface area contributed by atoms with Crippen LogP contribution in [0.1, 0.15) is 102 Å². The first-order valence-electron chi connectivity index (χ1n) is 12.2. The summed E-state index contributed by atoms with van der Waals surface area (Å²) in [6.45, 7) is 9.86. The molecule has 2 aliphatic carbocycles. The molecular weight excluding hydrogens is 448 g/mol. The van der Waals surface area contributed by atoms with Crippen LogP contribution in [0, 0.1) is 34.7 Å². The van der Waals surface area contributed by atoms with Gasteiger partial charge in [-0.1, -0.05) is 45.4 Å². The second-order valence-electron chi connectivity index (χ2n) is 8.54. The number of hydrogen-bond acceptors (Lipinski definition) is 6. The third kappa shape index (κ3) is 20.8. The zero-order chi connectivity index (χ0) is 25.5. The lowest BCUT2D eigenvalue weighted by molar-refractivity contribution is 0.316. The summed E-state index contributed by atoms with van der Waals surface area (Å²) in [6, 6.07) is 0.793. The number of aliphatic imine (C=N–C) groups is 2. The second kappa shape index (κ2) is 23.7. The Morgan fingerprint density at radius 1 is 1.09 bits per heavy atom. The Morgan fingerprint density at radius 3 is 1.85 bits per heavy atom. The molecule has 0 heterocycles. The van der Waals surface area contributed by atoms with Gasteiger partial charge in [0.05, 0.1) is 6.04 Å². The highest BCUT2D eigenvalue weighted by Gasteiger charge is 2.19. The standard InChI is InChI=1S/C11H19N3.C8H17N.C4H5N2S.C2H6S.2H2/c1-9(14-10(2)13-8-12)11-6-4-3-5-7-11;1-7(9)8-5-3-2-4-6-8;1-4(7-2)6-3-5;1-2-3;;/h9,11H,3-7H2,1-2H3,(H,13,14);7-8H,2-6,9H2,1H3;2H2,1H3;3H,2H2,1H3;2*1H/q;;+1;;;. The van der Waals surface area contributed by atoms with Gasteiger partial charge in [-0.05, 0) is 64.0 Å². The highest BCUT2D eigenvalue weighted by atomic mass is 32.1. The molecule has 0 saturated heterocycles. The highest BCUT2D eigenvalue weighted by Crippen LogP contribution is 2.27. The summed E-state index contributed by atoms with van der Waals surface area (Å²) in [6.07, 6.45) is 17.2. The molecule has 2 aliphatic rings. The van der Waals surface area contributed by atoms with Gasteiger partial charge < -0.3 is 5.73 Å². The SMILES string of the molecule is C=[S+]C(C)=NC#N.CC(=NC(C)C1CCCCC1)NC#N.CC(N)C1CCCCC1.CCS.[HH].[HH]. The van der Waals surface area contributed by atoms with Crippen LogP contribution in [-0.4, -0.2) is 34.6 Å². The van der Waals surface area contributed by atoms with Gasteiger partial charge in [-0.25, -0.2) is 0 Å². The second-order valence-corrected chi connectivity index (χ2v) is 10.1. The van der Waals surface area contributed by atoms with Gasteiger partial charge in [-0.3, -0.25) is 10.3 Å². The fourth-order valence-corrected chi connectivity index (χ4v) is 4.01. The molecule has 2 atom stereocenters. The summed E-state index contributed by atoms with van der Waals surface area (Å²) in [4.78, 5) is 7.84. The molecule has 0 spiro atoms. The molecule has 8 heteroatoms. The third-order valence-corrected chi connectivity index (χ3v) is 6.28. The van der Waals surface area contributed by atoms with Crippen LogP contribution in [-0.2, 0) is 11.4 Å². The van der Waals surface area contributed by atoms with E-state index < -0.39 is 0 Å². The van der Waals surface area contributed by atoms with Crippen molar-refractivity contribution in [1.29, 1.82) is 10.5 Å². The number of nitrogens with zero attached hydrogens (tertiary/aromatic N) is 4. The van der Waals surface area contributed by atoms with Crippen LogP contribution in [0.15, 0.2) is 9.98 Å². The Bertz CT molecular complexity index is 633. The summed E-state index contributed by atoms with van der Waals surface area (Å²) >= 11 is 5.02. The minimum atomic E-state index is 0. The molecule has 2 unspecified atom stereocenters. The van der Waals surface area contributed by atoms with Crippen LogP contribution >= 0.6 is 12.6 Å². The lowest BCUT2D eigenvalue weighted by Gasteiger charge is -2.25. The summed E-state index contributed by atoms with van der Waals surface area (Å²) < 4.78 is 0. The van der Waals surface area contributed by atoms with E-state index in [1.807, 2.05) is 20.0 Å². The number of amidine groups is 1. The van der Waals surface area contributed by atoms with Crippen molar-refractivity contribution in [2.24, 2.45) is 27.6 Å². The van der Waals surface area contributed by atoms with Crippen LogP contribution in [0.3, 0.4) is 0 Å². The van der Waals surface area contributed by atoms with Crippen molar-refractivity contribution < 1.29 is 2.85 Å². The number of rotatable bonds is 3. The van der Waals surface area contributed by atoms with Crippen LogP contribution in [0.5, 0.6) is 0 Å². The molecule has 192 valence electrons. The van der Waals surface area contributed by atoms with Crippen molar-refractivity contribution in [3.63, 3.8) is 0 Å². The molecule has 6 nitrogen and oxygen atoms in total. The van der Waals surface area contributed by atoms with E-state index in [-0.39, 0.29) is 2.85 Å². The Labute approximate surface area is 215 Å². The van der Waals surface area contributed by atoms with E-state index in [0.29, 0.717) is 17.1 Å². The third-order valence-electron chi connectivity index (χ3n) is 5.78. The predicted octanol–water partition coefficient (Wildman–Crippen LogP) is 6.19. The number of nitriles is 2. The lowest BCUT2D eigenvalue weighted by Crippen LogP contribution is -2.27. The summed E-state index contributed by atoms with van der Waals surface area (Å²) in [5.74, 6) is 6.68. The van der Waals surface area contributed by atoms with Gasteiger partial charge >= 0.3 is 5.04 Å². The van der Waals surface area contributed by atoms with Gasteiger partial charge in [0.15, 0.2) is 12.1 Å². The molecule has 0 aromatic carbocycles. The van der Waals surface area contributed by atoms with E-state index in [9.17, 15) is 0 Å². The minimum absolute atomic E-state index is 0. The maximum atomic E-state index is 8.42. The van der Waals surface area contributed by atoms with E-state index in [4.69, 9.17) is 16.3 Å². The Hall–Kier alpha value is -1.48. The highest BCUT2D eigenvalue weighted by molar-refractivity contribution is 7.92. The molecule has 3 N–H and O–H groups in total. The van der Waals surface area contributed by atoms with Crippen LogP contribution in [0.4, 0.5) is 0 Å². The normalized spacial score (nSPS) is 18.8. The molecule has 0 radical (unpaired) electrons. The molecule has 33 heavy (non-hydrogen) atoms. The van der Waals surface area contributed by atoms with Gasteiger partial charge in [0.2, 0.25) is 17.5 Å². The van der Waals surface area contributed by atoms with Crippen molar-refractivity contribution >= 4 is 40.7 Å². The fourth-order valence-electron chi connectivity index (χ4n) is 3.90. The first-order chi connectivity index (χ1) is 15.8. The molecule has 0 bridgehead atoms. The van der Waals surface area contributed by atoms with Crippen molar-refractivity contribution in [3.05, 3.63) is 0 Å². The summed E-state index contributed by atoms with van der Waals surface area (Å²) in [5, 5.41) is 19.6. The average Bonchev–Trinajstić information content (AvgIpc) is 2.82. The van der Waals surface area contributed by atoms with Crippen molar-refractivity contribution in [2.45, 2.75) is 111 Å². The van der Waals surface area contributed by atoms with Crippen molar-refractivity contribution in [2.75, 3.05) is 5.75 Å². The van der Waals surface area contributed by atoms with Gasteiger partial charge in [0.25, 0.3) is 0 Å². The quantitative estimate of drug-likeness (QED) is 0.0818. The first-order valence-corrected chi connectivity index (χ1v) is 13.8. The zero-order valence-electron chi connectivity index (χ0n) is 21.5. The van der Waals surface area contributed by atoms with Gasteiger partial charge in [0, 0.05) is 15.8 Å². The molecule has 0 amide bonds. The monoisotopic (exact) mass is 499 g/mol. The van der Waals surface area contributed by atoms with Crippen LogP contribution < -0.4 is 11.1 Å². The largest absolute Gasteiger partial charge is 0.328 e. The van der Waals surface area contributed by atoms with E-state index in [1.165, 1.54) is 75.6 Å². The van der Waals surface area contributed by atoms with Crippen LogP contribution in [0.25, 0.3) is 0 Å². The van der Waals surface area contributed by atoms with Crippen molar-refractivity contribution in [3.8, 4) is 12.4 Å². The van der Waals surface area contributed by atoms with Gasteiger partial charge in [-0.15, -0.1) is 4.99 Å². The first kappa shape index (κ1) is 33.7. The average molecular weight is 500 g/mol. The summed E-state index contributed by atoms with van der Waals surface area (Å²) in [5.41, 5.74) is 5.77. The van der Waals surface area contributed by atoms with Crippen LogP contribution in [0.2, 0.25) is 0 Å². The minimum Gasteiger partial charge on any atom is -0.328 e. The maximum absolute atomic E-state index is 8.42. The molecule has 2 rings (SSSR count). The molecule has 0 aromatic rings. The van der Waals surface area contributed by atoms with E-state index in [0.717, 1.165) is 23.4 Å². The Morgan fingerprint density at radius 2 is 1.55 bits per heavy atom. The number of nitrogens with one attached hydrogen (secondary N) is 1. The lowest BCUT2D eigenvalue weighted by atomic mass is 9.85. The maximum Gasteiger partial charge on any atom is 0.305 e. The van der Waals surface area contributed by atoms with Gasteiger partial charge in [0.1, 0.15) is 5.84 Å². The number of nitrogens with two attached hydrogens (primary N) is 1. The smallest absolute Gasteiger partial charge is 0.305 e. The van der Waals surface area contributed by atoms with E-state index in [2.05, 4.69) is 47.6 Å². The van der Waals surface area contributed by atoms with Gasteiger partial charge in [-0.2, -0.15) is 23.2 Å².